The number of carbonyl (C=O) groups excluding carboxylic acids is 6. The summed E-state index contributed by atoms with van der Waals surface area (Å²) in [5, 5.41) is 53.2. The van der Waals surface area contributed by atoms with Crippen LogP contribution in [0, 0.1) is 0 Å². The van der Waals surface area contributed by atoms with Gasteiger partial charge in [-0.1, -0.05) is 54.6 Å². The van der Waals surface area contributed by atoms with Crippen molar-refractivity contribution in [1.29, 1.82) is 0 Å². The van der Waals surface area contributed by atoms with Gasteiger partial charge in [0.1, 0.15) is 41.7 Å². The van der Waals surface area contributed by atoms with E-state index in [1.165, 1.54) is 48.5 Å². The van der Waals surface area contributed by atoms with Crippen LogP contribution >= 0.6 is 0 Å². The lowest BCUT2D eigenvalue weighted by molar-refractivity contribution is -0.142. The van der Waals surface area contributed by atoms with E-state index in [2.05, 4.69) is 36.9 Å². The highest BCUT2D eigenvalue weighted by Gasteiger charge is 2.33. The first kappa shape index (κ1) is 49.6. The third kappa shape index (κ3) is 18.2. The first-order chi connectivity index (χ1) is 29.9. The van der Waals surface area contributed by atoms with E-state index in [-0.39, 0.29) is 56.1 Å². The molecule has 0 unspecified atom stereocenters. The van der Waals surface area contributed by atoms with E-state index in [9.17, 15) is 58.8 Å². The molecule has 3 aromatic rings. The van der Waals surface area contributed by atoms with Crippen LogP contribution in [0.15, 0.2) is 83.9 Å². The summed E-state index contributed by atoms with van der Waals surface area (Å²) in [4.78, 5) is 108. The number of hydrogen-bond acceptors (Lipinski definition) is 12. The minimum atomic E-state index is -1.80. The number of amides is 6. The molecule has 0 heterocycles. The van der Waals surface area contributed by atoms with Crippen molar-refractivity contribution in [2.75, 3.05) is 19.6 Å². The summed E-state index contributed by atoms with van der Waals surface area (Å²) in [7, 11) is 0. The predicted octanol–water partition coefficient (Wildman–Crippen LogP) is -2.76. The standard InChI is InChI=1S/C41H52N10O12/c42-21-33(54)47-28(7-4-16-45-41(43)44)37(59)51-31(20-35(56)57)39(61)50-30(18-24-8-12-26(52)13-9-24)38(60)49-29(17-23-5-2-1-3-6-23)36(58)46-22-34(55)48-32(40(62)63)19-25-10-14-27(53)15-11-25/h1-3,5-6,8-15,28-32,52-53H,4,7,16-22,42H2,(H,46,58)(H,47,54)(H,48,55)(H,49,60)(H,50,61)(H,51,59)(H,56,57)(H,62,63)(H4,43,44,45)/t28-,29-,30-,31-,32-/m0/s1. The molecule has 0 bridgehead atoms. The van der Waals surface area contributed by atoms with Gasteiger partial charge < -0.3 is 69.5 Å². The molecule has 0 radical (unpaired) electrons. The van der Waals surface area contributed by atoms with Crippen molar-refractivity contribution < 1.29 is 58.8 Å². The number of aliphatic imine (C=N–C) groups is 1. The van der Waals surface area contributed by atoms with Crippen LogP contribution in [-0.4, -0.2) is 124 Å². The summed E-state index contributed by atoms with van der Waals surface area (Å²) in [6, 6.07) is 12.2. The Balaban J connectivity index is 1.85. The first-order valence-corrected chi connectivity index (χ1v) is 19.5. The van der Waals surface area contributed by atoms with Crippen LogP contribution in [0.3, 0.4) is 0 Å². The molecule has 5 atom stereocenters. The summed E-state index contributed by atoms with van der Waals surface area (Å²) in [6.07, 6.45) is -1.37. The minimum absolute atomic E-state index is 0.0381. The molecule has 0 spiro atoms. The molecule has 338 valence electrons. The molecule has 22 heteroatoms. The Hall–Kier alpha value is -7.75. The number of carbonyl (C=O) groups is 8. The second-order valence-electron chi connectivity index (χ2n) is 14.2. The minimum Gasteiger partial charge on any atom is -0.508 e. The number of carboxylic acid groups (broad SMARTS) is 2. The van der Waals surface area contributed by atoms with Gasteiger partial charge in [-0.2, -0.15) is 0 Å². The van der Waals surface area contributed by atoms with Crippen molar-refractivity contribution in [2.24, 2.45) is 22.2 Å². The zero-order chi connectivity index (χ0) is 46.5. The van der Waals surface area contributed by atoms with Crippen LogP contribution in [0.2, 0.25) is 0 Å². The first-order valence-electron chi connectivity index (χ1n) is 19.5. The molecule has 0 fully saturated rings. The van der Waals surface area contributed by atoms with Crippen molar-refractivity contribution in [2.45, 2.75) is 68.7 Å². The number of aromatic hydroxyl groups is 2. The van der Waals surface area contributed by atoms with Crippen LogP contribution in [0.5, 0.6) is 11.5 Å². The summed E-state index contributed by atoms with van der Waals surface area (Å²) in [5.41, 5.74) is 17.6. The molecule has 0 saturated heterocycles. The van der Waals surface area contributed by atoms with Crippen LogP contribution < -0.4 is 49.1 Å². The number of rotatable bonds is 25. The van der Waals surface area contributed by atoms with E-state index < -0.39 is 97.1 Å². The van der Waals surface area contributed by atoms with Gasteiger partial charge in [0.05, 0.1) is 19.5 Å². The second kappa shape index (κ2) is 25.1. The van der Waals surface area contributed by atoms with Crippen molar-refractivity contribution in [3.05, 3.63) is 95.6 Å². The highest BCUT2D eigenvalue weighted by atomic mass is 16.4. The van der Waals surface area contributed by atoms with Gasteiger partial charge in [0, 0.05) is 25.8 Å². The van der Waals surface area contributed by atoms with Gasteiger partial charge >= 0.3 is 11.9 Å². The van der Waals surface area contributed by atoms with Crippen LogP contribution in [0.1, 0.15) is 36.0 Å². The van der Waals surface area contributed by atoms with Gasteiger partial charge in [0.15, 0.2) is 5.96 Å². The molecule has 0 saturated carbocycles. The smallest absolute Gasteiger partial charge is 0.326 e. The number of guanidine groups is 1. The molecule has 22 nitrogen and oxygen atoms in total. The zero-order valence-electron chi connectivity index (χ0n) is 34.0. The Kier molecular flexibility index (Phi) is 19.8. The number of phenolic OH excluding ortho intramolecular Hbond substituents is 2. The number of carboxylic acids is 2. The predicted molar refractivity (Wildman–Crippen MR) is 225 cm³/mol. The van der Waals surface area contributed by atoms with Crippen LogP contribution in [0.4, 0.5) is 0 Å². The highest BCUT2D eigenvalue weighted by molar-refractivity contribution is 5.97. The Morgan fingerprint density at radius 2 is 1.02 bits per heavy atom. The molecule has 6 amide bonds. The fraction of sp³-hybridized carbons (Fsp3) is 0.341. The van der Waals surface area contributed by atoms with Crippen molar-refractivity contribution in [3.63, 3.8) is 0 Å². The van der Waals surface area contributed by atoms with E-state index in [0.29, 0.717) is 16.7 Å². The van der Waals surface area contributed by atoms with Crippen molar-refractivity contribution in [3.8, 4) is 11.5 Å². The van der Waals surface area contributed by atoms with E-state index in [4.69, 9.17) is 17.2 Å². The number of phenols is 2. The zero-order valence-corrected chi connectivity index (χ0v) is 34.0. The fourth-order valence-electron chi connectivity index (χ4n) is 5.97. The van der Waals surface area contributed by atoms with Crippen LogP contribution in [0.25, 0.3) is 0 Å². The molecular formula is C41H52N10O12. The van der Waals surface area contributed by atoms with Crippen LogP contribution in [-0.2, 0) is 57.6 Å². The molecule has 0 aliphatic rings. The lowest BCUT2D eigenvalue weighted by atomic mass is 10.0. The van der Waals surface area contributed by atoms with Gasteiger partial charge in [-0.3, -0.25) is 38.6 Å². The lowest BCUT2D eigenvalue weighted by Gasteiger charge is -2.26. The summed E-state index contributed by atoms with van der Waals surface area (Å²) >= 11 is 0. The van der Waals surface area contributed by atoms with E-state index in [1.54, 1.807) is 30.3 Å². The molecular weight excluding hydrogens is 825 g/mol. The summed E-state index contributed by atoms with van der Waals surface area (Å²) in [6.45, 7) is -1.12. The number of benzene rings is 3. The van der Waals surface area contributed by atoms with Gasteiger partial charge in [-0.25, -0.2) is 4.79 Å². The molecule has 0 aliphatic heterocycles. The van der Waals surface area contributed by atoms with Crippen molar-refractivity contribution >= 4 is 53.3 Å². The maximum absolute atomic E-state index is 14.1. The maximum atomic E-state index is 14.1. The van der Waals surface area contributed by atoms with Gasteiger partial charge in [0.25, 0.3) is 0 Å². The Labute approximate surface area is 361 Å². The summed E-state index contributed by atoms with van der Waals surface area (Å²) in [5.74, 6) is -8.75. The topological polar surface area (TPSA) is 380 Å². The van der Waals surface area contributed by atoms with Gasteiger partial charge in [-0.05, 0) is 53.8 Å². The number of nitrogens with two attached hydrogens (primary N) is 3. The lowest BCUT2D eigenvalue weighted by Crippen LogP contribution is -2.59. The van der Waals surface area contributed by atoms with Gasteiger partial charge in [0.2, 0.25) is 35.4 Å². The Morgan fingerprint density at radius 3 is 1.52 bits per heavy atom. The third-order valence-electron chi connectivity index (χ3n) is 9.15. The Bertz CT molecular complexity index is 2080. The average molecular weight is 877 g/mol. The van der Waals surface area contributed by atoms with E-state index in [1.807, 2.05) is 0 Å². The fourth-order valence-corrected chi connectivity index (χ4v) is 5.97. The number of hydrogen-bond donors (Lipinski definition) is 13. The third-order valence-corrected chi connectivity index (χ3v) is 9.15. The normalized spacial score (nSPS) is 13.0. The molecule has 16 N–H and O–H groups in total. The molecule has 0 aliphatic carbocycles. The Morgan fingerprint density at radius 1 is 0.556 bits per heavy atom. The molecule has 3 rings (SSSR count). The van der Waals surface area contributed by atoms with Gasteiger partial charge in [-0.15, -0.1) is 0 Å². The van der Waals surface area contributed by atoms with E-state index >= 15 is 0 Å². The van der Waals surface area contributed by atoms with E-state index in [0.717, 1.165) is 0 Å². The molecule has 3 aromatic carbocycles. The maximum Gasteiger partial charge on any atom is 0.326 e. The quantitative estimate of drug-likeness (QED) is 0.0233. The monoisotopic (exact) mass is 876 g/mol. The molecule has 0 aromatic heterocycles. The summed E-state index contributed by atoms with van der Waals surface area (Å²) < 4.78 is 0. The largest absolute Gasteiger partial charge is 0.508 e. The average Bonchev–Trinajstić information content (AvgIpc) is 3.24. The molecule has 63 heavy (non-hydrogen) atoms. The number of nitrogens with zero attached hydrogens (tertiary/aromatic N) is 1. The number of nitrogens with one attached hydrogen (secondary N) is 6. The van der Waals surface area contributed by atoms with Crippen molar-refractivity contribution in [1.82, 2.24) is 31.9 Å². The highest BCUT2D eigenvalue weighted by Crippen LogP contribution is 2.14. The SMILES string of the molecule is NCC(=O)N[C@@H](CCCN=C(N)N)C(=O)N[C@@H](CC(=O)O)C(=O)N[C@@H](Cc1ccc(O)cc1)C(=O)N[C@@H](Cc1ccccc1)C(=O)NCC(=O)N[C@@H](Cc1ccc(O)cc1)C(=O)O. The number of aliphatic carboxylic acids is 2. The second-order valence-corrected chi connectivity index (χ2v) is 14.2.